The van der Waals surface area contributed by atoms with Gasteiger partial charge in [-0.15, -0.1) is 0 Å². The third-order valence-electron chi connectivity index (χ3n) is 2.57. The molecule has 0 aliphatic heterocycles. The Morgan fingerprint density at radius 1 is 1.12 bits per heavy atom. The zero-order chi connectivity index (χ0) is 12.4. The first-order valence-electron chi connectivity index (χ1n) is 5.11. The Kier molecular flexibility index (Phi) is 2.91. The molecule has 0 aliphatic carbocycles. The predicted octanol–water partition coefficient (Wildman–Crippen LogP) is 2.25. The number of anilines is 1. The molecular formula is C12H14N2O3. The number of rotatable bonds is 3. The Balaban J connectivity index is 2.55. The molecule has 90 valence electrons. The van der Waals surface area contributed by atoms with Crippen molar-refractivity contribution < 1.29 is 14.0 Å². The normalized spacial score (nSPS) is 10.3. The second-order valence-electron chi connectivity index (χ2n) is 3.62. The summed E-state index contributed by atoms with van der Waals surface area (Å²) < 4.78 is 15.7. The Morgan fingerprint density at radius 3 is 2.12 bits per heavy atom. The topological polar surface area (TPSA) is 70.5 Å². The van der Waals surface area contributed by atoms with Gasteiger partial charge in [-0.3, -0.25) is 0 Å². The second kappa shape index (κ2) is 4.37. The molecule has 2 aromatic rings. The quantitative estimate of drug-likeness (QED) is 0.881. The summed E-state index contributed by atoms with van der Waals surface area (Å²) in [4.78, 5) is 0. The van der Waals surface area contributed by atoms with E-state index in [1.807, 2.05) is 19.1 Å². The molecule has 0 saturated carbocycles. The fraction of sp³-hybridized carbons (Fsp3) is 0.250. The SMILES string of the molecule is COc1cc(-c2cc(N)no2)cc(OC)c1C. The minimum atomic E-state index is 0.346. The van der Waals surface area contributed by atoms with Crippen molar-refractivity contribution in [2.45, 2.75) is 6.92 Å². The van der Waals surface area contributed by atoms with E-state index in [0.29, 0.717) is 11.6 Å². The highest BCUT2D eigenvalue weighted by atomic mass is 16.5. The summed E-state index contributed by atoms with van der Waals surface area (Å²) in [5.74, 6) is 2.39. The van der Waals surface area contributed by atoms with E-state index in [2.05, 4.69) is 5.16 Å². The maximum atomic E-state index is 5.52. The molecule has 2 rings (SSSR count). The van der Waals surface area contributed by atoms with E-state index in [1.165, 1.54) is 0 Å². The van der Waals surface area contributed by atoms with Gasteiger partial charge in [-0.25, -0.2) is 0 Å². The zero-order valence-electron chi connectivity index (χ0n) is 9.98. The standard InChI is InChI=1S/C12H14N2O3/c1-7-9(15-2)4-8(5-10(7)16-3)11-6-12(13)14-17-11/h4-6H,1-3H3,(H2,13,14). The largest absolute Gasteiger partial charge is 0.496 e. The maximum absolute atomic E-state index is 5.52. The molecule has 0 radical (unpaired) electrons. The molecule has 1 aromatic heterocycles. The number of nitrogen functional groups attached to an aromatic ring is 1. The van der Waals surface area contributed by atoms with Crippen LogP contribution in [-0.4, -0.2) is 19.4 Å². The molecule has 1 aromatic carbocycles. The first kappa shape index (κ1) is 11.3. The second-order valence-corrected chi connectivity index (χ2v) is 3.62. The smallest absolute Gasteiger partial charge is 0.169 e. The van der Waals surface area contributed by atoms with Crippen LogP contribution in [-0.2, 0) is 0 Å². The highest BCUT2D eigenvalue weighted by Gasteiger charge is 2.12. The Hall–Kier alpha value is -2.17. The number of nitrogens with two attached hydrogens (primary N) is 1. The summed E-state index contributed by atoms with van der Waals surface area (Å²) in [6, 6.07) is 5.37. The van der Waals surface area contributed by atoms with Crippen LogP contribution in [0.3, 0.4) is 0 Å². The summed E-state index contributed by atoms with van der Waals surface area (Å²) in [7, 11) is 3.22. The maximum Gasteiger partial charge on any atom is 0.169 e. The molecule has 0 bridgehead atoms. The molecule has 0 aliphatic rings. The van der Waals surface area contributed by atoms with Crippen molar-refractivity contribution in [3.05, 3.63) is 23.8 Å². The Morgan fingerprint density at radius 2 is 1.71 bits per heavy atom. The summed E-state index contributed by atoms with van der Waals surface area (Å²) in [6.45, 7) is 1.93. The number of benzene rings is 1. The van der Waals surface area contributed by atoms with Crippen LogP contribution in [0.2, 0.25) is 0 Å². The Bertz CT molecular complexity index is 509. The monoisotopic (exact) mass is 234 g/mol. The first-order valence-corrected chi connectivity index (χ1v) is 5.11. The van der Waals surface area contributed by atoms with E-state index >= 15 is 0 Å². The van der Waals surface area contributed by atoms with Crippen molar-refractivity contribution in [2.75, 3.05) is 20.0 Å². The van der Waals surface area contributed by atoms with Crippen molar-refractivity contribution in [2.24, 2.45) is 0 Å². The summed E-state index contributed by atoms with van der Waals surface area (Å²) in [5.41, 5.74) is 7.27. The van der Waals surface area contributed by atoms with Gasteiger partial charge in [-0.2, -0.15) is 0 Å². The number of nitrogens with zero attached hydrogens (tertiary/aromatic N) is 1. The number of hydrogen-bond donors (Lipinski definition) is 1. The molecule has 0 atom stereocenters. The van der Waals surface area contributed by atoms with Gasteiger partial charge in [0.25, 0.3) is 0 Å². The van der Waals surface area contributed by atoms with Crippen molar-refractivity contribution in [1.29, 1.82) is 0 Å². The molecular weight excluding hydrogens is 220 g/mol. The molecule has 2 N–H and O–H groups in total. The minimum Gasteiger partial charge on any atom is -0.496 e. The number of hydrogen-bond acceptors (Lipinski definition) is 5. The minimum absolute atomic E-state index is 0.346. The van der Waals surface area contributed by atoms with Crippen LogP contribution in [0.15, 0.2) is 22.7 Å². The third kappa shape index (κ3) is 2.04. The number of ether oxygens (including phenoxy) is 2. The van der Waals surface area contributed by atoms with Crippen LogP contribution in [0, 0.1) is 6.92 Å². The van der Waals surface area contributed by atoms with Gasteiger partial charge in [0.1, 0.15) is 11.5 Å². The van der Waals surface area contributed by atoms with Crippen LogP contribution in [0.25, 0.3) is 11.3 Å². The van der Waals surface area contributed by atoms with E-state index in [4.69, 9.17) is 19.7 Å². The van der Waals surface area contributed by atoms with E-state index in [-0.39, 0.29) is 0 Å². The number of aromatic nitrogens is 1. The highest BCUT2D eigenvalue weighted by Crippen LogP contribution is 2.34. The third-order valence-corrected chi connectivity index (χ3v) is 2.57. The fourth-order valence-electron chi connectivity index (χ4n) is 1.65. The van der Waals surface area contributed by atoms with Gasteiger partial charge >= 0.3 is 0 Å². The van der Waals surface area contributed by atoms with Gasteiger partial charge in [-0.05, 0) is 19.1 Å². The molecule has 0 saturated heterocycles. The van der Waals surface area contributed by atoms with Gasteiger partial charge in [0.15, 0.2) is 11.6 Å². The average Bonchev–Trinajstić information content (AvgIpc) is 2.76. The van der Waals surface area contributed by atoms with E-state index in [1.54, 1.807) is 20.3 Å². The average molecular weight is 234 g/mol. The lowest BCUT2D eigenvalue weighted by atomic mass is 10.1. The van der Waals surface area contributed by atoms with Gasteiger partial charge in [-0.1, -0.05) is 5.16 Å². The van der Waals surface area contributed by atoms with E-state index in [9.17, 15) is 0 Å². The molecule has 0 spiro atoms. The first-order chi connectivity index (χ1) is 8.15. The lowest BCUT2D eigenvalue weighted by Gasteiger charge is -2.11. The Labute approximate surface area is 99.1 Å². The molecule has 1 heterocycles. The van der Waals surface area contributed by atoms with Gasteiger partial charge in [0, 0.05) is 17.2 Å². The fourth-order valence-corrected chi connectivity index (χ4v) is 1.65. The van der Waals surface area contributed by atoms with Crippen molar-refractivity contribution in [3.63, 3.8) is 0 Å². The van der Waals surface area contributed by atoms with Gasteiger partial charge < -0.3 is 19.7 Å². The lowest BCUT2D eigenvalue weighted by molar-refractivity contribution is 0.388. The molecule has 5 nitrogen and oxygen atoms in total. The van der Waals surface area contributed by atoms with Crippen LogP contribution in [0.1, 0.15) is 5.56 Å². The highest BCUT2D eigenvalue weighted by molar-refractivity contribution is 5.66. The van der Waals surface area contributed by atoms with Gasteiger partial charge in [0.2, 0.25) is 0 Å². The molecule has 0 fully saturated rings. The molecule has 5 heteroatoms. The van der Waals surface area contributed by atoms with Gasteiger partial charge in [0.05, 0.1) is 14.2 Å². The summed E-state index contributed by atoms with van der Waals surface area (Å²) >= 11 is 0. The number of methoxy groups -OCH3 is 2. The van der Waals surface area contributed by atoms with Crippen molar-refractivity contribution in [3.8, 4) is 22.8 Å². The summed E-state index contributed by atoms with van der Waals surface area (Å²) in [5, 5.41) is 3.65. The van der Waals surface area contributed by atoms with Crippen LogP contribution in [0.5, 0.6) is 11.5 Å². The van der Waals surface area contributed by atoms with Crippen LogP contribution < -0.4 is 15.2 Å². The van der Waals surface area contributed by atoms with E-state index in [0.717, 1.165) is 22.6 Å². The zero-order valence-corrected chi connectivity index (χ0v) is 9.98. The molecule has 17 heavy (non-hydrogen) atoms. The van der Waals surface area contributed by atoms with E-state index < -0.39 is 0 Å². The van der Waals surface area contributed by atoms with Crippen LogP contribution >= 0.6 is 0 Å². The molecule has 0 amide bonds. The van der Waals surface area contributed by atoms with Crippen molar-refractivity contribution in [1.82, 2.24) is 5.16 Å². The summed E-state index contributed by atoms with van der Waals surface area (Å²) in [6.07, 6.45) is 0. The van der Waals surface area contributed by atoms with Crippen molar-refractivity contribution >= 4 is 5.82 Å². The molecule has 0 unspecified atom stereocenters. The lowest BCUT2D eigenvalue weighted by Crippen LogP contribution is -1.93. The van der Waals surface area contributed by atoms with Crippen LogP contribution in [0.4, 0.5) is 5.82 Å². The predicted molar refractivity (Wildman–Crippen MR) is 64.2 cm³/mol.